The third-order valence-electron chi connectivity index (χ3n) is 5.64. The molecule has 2 aromatic carbocycles. The minimum absolute atomic E-state index is 0.0576. The maximum Gasteiger partial charge on any atom is 0.303 e. The Morgan fingerprint density at radius 1 is 1.12 bits per heavy atom. The van der Waals surface area contributed by atoms with Crippen LogP contribution >= 0.6 is 0 Å². The summed E-state index contributed by atoms with van der Waals surface area (Å²) in [6, 6.07) is 16.0. The molecule has 0 radical (unpaired) electrons. The van der Waals surface area contributed by atoms with Crippen LogP contribution in [0.5, 0.6) is 0 Å². The van der Waals surface area contributed by atoms with Crippen molar-refractivity contribution < 1.29 is 14.7 Å². The number of aryl methyl sites for hydroxylation is 2. The van der Waals surface area contributed by atoms with Gasteiger partial charge in [-0.2, -0.15) is 0 Å². The van der Waals surface area contributed by atoms with E-state index in [4.69, 9.17) is 5.11 Å². The monoisotopic (exact) mass is 335 g/mol. The second kappa shape index (κ2) is 6.03. The van der Waals surface area contributed by atoms with E-state index in [1.807, 2.05) is 24.3 Å². The van der Waals surface area contributed by atoms with Crippen molar-refractivity contribution in [1.82, 2.24) is 0 Å². The molecule has 1 saturated carbocycles. The number of benzene rings is 2. The molecular formula is C21H21NO3. The Morgan fingerprint density at radius 3 is 2.64 bits per heavy atom. The van der Waals surface area contributed by atoms with Crippen LogP contribution < -0.4 is 5.32 Å². The van der Waals surface area contributed by atoms with Gasteiger partial charge < -0.3 is 10.4 Å². The van der Waals surface area contributed by atoms with Crippen LogP contribution in [0.15, 0.2) is 48.5 Å². The smallest absolute Gasteiger partial charge is 0.303 e. The van der Waals surface area contributed by atoms with Crippen molar-refractivity contribution in [3.63, 3.8) is 0 Å². The molecule has 0 aliphatic heterocycles. The summed E-state index contributed by atoms with van der Waals surface area (Å²) >= 11 is 0. The SMILES string of the molecule is O=C(O)CCc1ccc(NC(=O)C2CC23CCc2ccccc23)cc1. The number of rotatable bonds is 5. The second-order valence-electron chi connectivity index (χ2n) is 7.15. The molecule has 2 aliphatic rings. The van der Waals surface area contributed by atoms with Gasteiger partial charge in [0.05, 0.1) is 0 Å². The quantitative estimate of drug-likeness (QED) is 0.878. The highest BCUT2D eigenvalue weighted by molar-refractivity contribution is 5.96. The summed E-state index contributed by atoms with van der Waals surface area (Å²) in [7, 11) is 0. The Bertz CT molecular complexity index is 827. The van der Waals surface area contributed by atoms with Gasteiger partial charge >= 0.3 is 5.97 Å². The molecule has 2 unspecified atom stereocenters. The number of carboxylic acids is 1. The molecule has 128 valence electrons. The fourth-order valence-corrected chi connectivity index (χ4v) is 4.17. The van der Waals surface area contributed by atoms with Crippen LogP contribution in [0.1, 0.15) is 36.0 Å². The third-order valence-corrected chi connectivity index (χ3v) is 5.64. The summed E-state index contributed by atoms with van der Waals surface area (Å²) in [6.45, 7) is 0. The van der Waals surface area contributed by atoms with E-state index >= 15 is 0 Å². The Balaban J connectivity index is 1.40. The van der Waals surface area contributed by atoms with E-state index in [0.29, 0.717) is 6.42 Å². The highest BCUT2D eigenvalue weighted by atomic mass is 16.4. The first kappa shape index (κ1) is 15.9. The number of carbonyl (C=O) groups is 2. The molecule has 4 nitrogen and oxygen atoms in total. The lowest BCUT2D eigenvalue weighted by atomic mass is 9.95. The van der Waals surface area contributed by atoms with Gasteiger partial charge in [0.15, 0.2) is 0 Å². The zero-order chi connectivity index (χ0) is 17.4. The lowest BCUT2D eigenvalue weighted by Gasteiger charge is -2.12. The van der Waals surface area contributed by atoms with E-state index in [-0.39, 0.29) is 23.7 Å². The molecule has 2 aromatic rings. The molecule has 25 heavy (non-hydrogen) atoms. The van der Waals surface area contributed by atoms with E-state index < -0.39 is 5.97 Å². The average molecular weight is 335 g/mol. The molecule has 0 saturated heterocycles. The van der Waals surface area contributed by atoms with Gasteiger partial charge in [0.25, 0.3) is 0 Å². The van der Waals surface area contributed by atoms with Crippen LogP contribution in [-0.2, 0) is 27.8 Å². The molecule has 1 amide bonds. The van der Waals surface area contributed by atoms with Gasteiger partial charge in [-0.1, -0.05) is 36.4 Å². The maximum atomic E-state index is 12.7. The van der Waals surface area contributed by atoms with E-state index in [0.717, 1.165) is 30.5 Å². The largest absolute Gasteiger partial charge is 0.481 e. The standard InChI is InChI=1S/C21H21NO3/c23-19(24)10-7-14-5-8-16(9-6-14)22-20(25)18-13-21(18)12-11-15-3-1-2-4-17(15)21/h1-6,8-9,18H,7,10-13H2,(H,22,25)(H,23,24). The summed E-state index contributed by atoms with van der Waals surface area (Å²) in [5.74, 6) is -0.647. The topological polar surface area (TPSA) is 66.4 Å². The van der Waals surface area contributed by atoms with E-state index in [2.05, 4.69) is 29.6 Å². The number of hydrogen-bond acceptors (Lipinski definition) is 2. The van der Waals surface area contributed by atoms with Crippen LogP contribution in [0.4, 0.5) is 5.69 Å². The summed E-state index contributed by atoms with van der Waals surface area (Å²) in [5, 5.41) is 11.8. The second-order valence-corrected chi connectivity index (χ2v) is 7.15. The van der Waals surface area contributed by atoms with Crippen molar-refractivity contribution in [3.05, 3.63) is 65.2 Å². The number of fused-ring (bicyclic) bond motifs is 2. The fourth-order valence-electron chi connectivity index (χ4n) is 4.17. The third kappa shape index (κ3) is 2.93. The van der Waals surface area contributed by atoms with Crippen molar-refractivity contribution >= 4 is 17.6 Å². The normalized spacial score (nSPS) is 23.3. The van der Waals surface area contributed by atoms with Crippen molar-refractivity contribution in [2.45, 2.75) is 37.5 Å². The number of nitrogens with one attached hydrogen (secondary N) is 1. The first-order valence-electron chi connectivity index (χ1n) is 8.78. The highest BCUT2D eigenvalue weighted by Gasteiger charge is 2.61. The van der Waals surface area contributed by atoms with E-state index in [1.54, 1.807) is 0 Å². The Morgan fingerprint density at radius 2 is 1.88 bits per heavy atom. The van der Waals surface area contributed by atoms with Gasteiger partial charge in [0, 0.05) is 23.4 Å². The minimum Gasteiger partial charge on any atom is -0.481 e. The molecule has 1 fully saturated rings. The summed E-state index contributed by atoms with van der Waals surface area (Å²) < 4.78 is 0. The molecule has 0 bridgehead atoms. The predicted octanol–water partition coefficient (Wildman–Crippen LogP) is 3.55. The molecule has 2 aliphatic carbocycles. The zero-order valence-electron chi connectivity index (χ0n) is 14.0. The van der Waals surface area contributed by atoms with Gasteiger partial charge in [-0.05, 0) is 54.5 Å². The van der Waals surface area contributed by atoms with Crippen molar-refractivity contribution in [3.8, 4) is 0 Å². The highest BCUT2D eigenvalue weighted by Crippen LogP contribution is 2.61. The summed E-state index contributed by atoms with van der Waals surface area (Å²) in [5.41, 5.74) is 4.55. The van der Waals surface area contributed by atoms with Gasteiger partial charge in [0.1, 0.15) is 0 Å². The summed E-state index contributed by atoms with van der Waals surface area (Å²) in [6.07, 6.45) is 3.70. The minimum atomic E-state index is -0.798. The lowest BCUT2D eigenvalue weighted by molar-refractivity contribution is -0.137. The molecule has 0 aromatic heterocycles. The molecule has 4 heteroatoms. The maximum absolute atomic E-state index is 12.7. The van der Waals surface area contributed by atoms with E-state index in [9.17, 15) is 9.59 Å². The molecular weight excluding hydrogens is 314 g/mol. The van der Waals surface area contributed by atoms with Crippen LogP contribution in [0.3, 0.4) is 0 Å². The van der Waals surface area contributed by atoms with Crippen molar-refractivity contribution in [2.75, 3.05) is 5.32 Å². The number of carboxylic acid groups (broad SMARTS) is 1. The van der Waals surface area contributed by atoms with Gasteiger partial charge in [0.2, 0.25) is 5.91 Å². The Hall–Kier alpha value is -2.62. The lowest BCUT2D eigenvalue weighted by Crippen LogP contribution is -2.19. The number of anilines is 1. The first-order chi connectivity index (χ1) is 12.1. The molecule has 1 spiro atoms. The summed E-state index contributed by atoms with van der Waals surface area (Å²) in [4.78, 5) is 23.3. The fraction of sp³-hybridized carbons (Fsp3) is 0.333. The van der Waals surface area contributed by atoms with Crippen LogP contribution in [0, 0.1) is 5.92 Å². The van der Waals surface area contributed by atoms with Gasteiger partial charge in [-0.15, -0.1) is 0 Å². The van der Waals surface area contributed by atoms with Crippen LogP contribution in [0.25, 0.3) is 0 Å². The van der Waals surface area contributed by atoms with Crippen molar-refractivity contribution in [1.29, 1.82) is 0 Å². The number of carbonyl (C=O) groups excluding carboxylic acids is 1. The zero-order valence-corrected chi connectivity index (χ0v) is 14.0. The van der Waals surface area contributed by atoms with Crippen LogP contribution in [0.2, 0.25) is 0 Å². The van der Waals surface area contributed by atoms with E-state index in [1.165, 1.54) is 11.1 Å². The molecule has 4 rings (SSSR count). The Labute approximate surface area is 146 Å². The molecule has 0 heterocycles. The number of hydrogen-bond donors (Lipinski definition) is 2. The van der Waals surface area contributed by atoms with Gasteiger partial charge in [-0.3, -0.25) is 9.59 Å². The van der Waals surface area contributed by atoms with Crippen LogP contribution in [-0.4, -0.2) is 17.0 Å². The Kier molecular flexibility index (Phi) is 3.83. The van der Waals surface area contributed by atoms with Gasteiger partial charge in [-0.25, -0.2) is 0 Å². The molecule has 2 N–H and O–H groups in total. The number of aliphatic carboxylic acids is 1. The number of amides is 1. The first-order valence-corrected chi connectivity index (χ1v) is 8.78. The predicted molar refractivity (Wildman–Crippen MR) is 95.6 cm³/mol. The average Bonchev–Trinajstić information content (AvgIpc) is 3.24. The molecule has 2 atom stereocenters. The van der Waals surface area contributed by atoms with Crippen molar-refractivity contribution in [2.24, 2.45) is 5.92 Å².